The van der Waals surface area contributed by atoms with Gasteiger partial charge in [0.2, 0.25) is 0 Å². The number of hydrogen-bond donors (Lipinski definition) is 1. The largest absolute Gasteiger partial charge is 0.326 e. The first-order valence-corrected chi connectivity index (χ1v) is 5.15. The molecule has 0 radical (unpaired) electrons. The Balaban J connectivity index is 2.42. The van der Waals surface area contributed by atoms with Crippen LogP contribution in [0.5, 0.6) is 0 Å². The van der Waals surface area contributed by atoms with E-state index in [0.29, 0.717) is 12.4 Å². The number of aryl methyl sites for hydroxylation is 2. The van der Waals surface area contributed by atoms with Crippen LogP contribution in [0, 0.1) is 13.8 Å². The second-order valence-electron chi connectivity index (χ2n) is 3.80. The highest BCUT2D eigenvalue weighted by molar-refractivity contribution is 5.54. The normalized spacial score (nSPS) is 10.4. The standard InChI is InChI=1S/C12H14N4/c1-8-3-9(2)11(14-5-8)12-15-6-10(4-13)7-16-12/h3,5-7H,4,13H2,1-2H3. The molecule has 4 nitrogen and oxygen atoms in total. The number of aromatic nitrogens is 3. The van der Waals surface area contributed by atoms with Crippen molar-refractivity contribution in [1.29, 1.82) is 0 Å². The summed E-state index contributed by atoms with van der Waals surface area (Å²) in [6, 6.07) is 2.07. The molecule has 0 aliphatic heterocycles. The predicted octanol–water partition coefficient (Wildman–Crippen LogP) is 1.61. The molecule has 2 aromatic heterocycles. The van der Waals surface area contributed by atoms with Gasteiger partial charge in [0, 0.05) is 30.7 Å². The van der Waals surface area contributed by atoms with Crippen molar-refractivity contribution in [3.63, 3.8) is 0 Å². The molecular weight excluding hydrogens is 200 g/mol. The molecule has 4 heteroatoms. The van der Waals surface area contributed by atoms with E-state index in [2.05, 4.69) is 21.0 Å². The molecule has 2 aromatic rings. The molecule has 16 heavy (non-hydrogen) atoms. The molecule has 0 saturated heterocycles. The summed E-state index contributed by atoms with van der Waals surface area (Å²) in [5.41, 5.74) is 9.47. The summed E-state index contributed by atoms with van der Waals surface area (Å²) < 4.78 is 0. The van der Waals surface area contributed by atoms with E-state index >= 15 is 0 Å². The molecule has 82 valence electrons. The van der Waals surface area contributed by atoms with Crippen LogP contribution < -0.4 is 5.73 Å². The van der Waals surface area contributed by atoms with Crippen LogP contribution in [0.3, 0.4) is 0 Å². The average molecular weight is 214 g/mol. The first-order chi connectivity index (χ1) is 7.70. The minimum absolute atomic E-state index is 0.459. The van der Waals surface area contributed by atoms with E-state index in [-0.39, 0.29) is 0 Å². The van der Waals surface area contributed by atoms with Crippen LogP contribution in [0.1, 0.15) is 16.7 Å². The molecule has 0 atom stereocenters. The van der Waals surface area contributed by atoms with Crippen LogP contribution in [0.15, 0.2) is 24.7 Å². The lowest BCUT2D eigenvalue weighted by atomic mass is 10.1. The first-order valence-electron chi connectivity index (χ1n) is 5.15. The monoisotopic (exact) mass is 214 g/mol. The third-order valence-corrected chi connectivity index (χ3v) is 2.37. The van der Waals surface area contributed by atoms with Gasteiger partial charge in [-0.2, -0.15) is 0 Å². The molecule has 0 fully saturated rings. The lowest BCUT2D eigenvalue weighted by Crippen LogP contribution is -2.00. The molecule has 2 N–H and O–H groups in total. The zero-order chi connectivity index (χ0) is 11.5. The maximum atomic E-state index is 5.49. The number of nitrogens with zero attached hydrogens (tertiary/aromatic N) is 3. The van der Waals surface area contributed by atoms with Gasteiger partial charge in [-0.1, -0.05) is 6.07 Å². The lowest BCUT2D eigenvalue weighted by Gasteiger charge is -2.04. The highest BCUT2D eigenvalue weighted by atomic mass is 14.9. The van der Waals surface area contributed by atoms with E-state index in [9.17, 15) is 0 Å². The summed E-state index contributed by atoms with van der Waals surface area (Å²) in [7, 11) is 0. The lowest BCUT2D eigenvalue weighted by molar-refractivity contribution is 1.00. The maximum Gasteiger partial charge on any atom is 0.178 e. The van der Waals surface area contributed by atoms with Crippen molar-refractivity contribution in [3.8, 4) is 11.5 Å². The Morgan fingerprint density at radius 3 is 2.31 bits per heavy atom. The summed E-state index contributed by atoms with van der Waals surface area (Å²) >= 11 is 0. The fourth-order valence-corrected chi connectivity index (χ4v) is 1.53. The van der Waals surface area contributed by atoms with Crippen LogP contribution in [0.4, 0.5) is 0 Å². The van der Waals surface area contributed by atoms with Crippen molar-refractivity contribution in [2.45, 2.75) is 20.4 Å². The molecular formula is C12H14N4. The predicted molar refractivity (Wildman–Crippen MR) is 62.6 cm³/mol. The Hall–Kier alpha value is -1.81. The summed E-state index contributed by atoms with van der Waals surface area (Å²) in [5.74, 6) is 0.648. The van der Waals surface area contributed by atoms with Gasteiger partial charge < -0.3 is 5.73 Å². The Morgan fingerprint density at radius 2 is 1.75 bits per heavy atom. The van der Waals surface area contributed by atoms with Crippen LogP contribution in [0.25, 0.3) is 11.5 Å². The fraction of sp³-hybridized carbons (Fsp3) is 0.250. The van der Waals surface area contributed by atoms with Gasteiger partial charge in [-0.05, 0) is 25.0 Å². The van der Waals surface area contributed by atoms with Gasteiger partial charge in [-0.15, -0.1) is 0 Å². The molecule has 0 aliphatic rings. The number of nitrogens with two attached hydrogens (primary N) is 1. The zero-order valence-corrected chi connectivity index (χ0v) is 9.44. The van der Waals surface area contributed by atoms with Gasteiger partial charge in [0.25, 0.3) is 0 Å². The Morgan fingerprint density at radius 1 is 1.06 bits per heavy atom. The van der Waals surface area contributed by atoms with Gasteiger partial charge in [-0.25, -0.2) is 9.97 Å². The first kappa shape index (κ1) is 10.7. The number of rotatable bonds is 2. The van der Waals surface area contributed by atoms with E-state index in [1.165, 1.54) is 0 Å². The van der Waals surface area contributed by atoms with Gasteiger partial charge in [0.1, 0.15) is 5.69 Å². The second kappa shape index (κ2) is 4.37. The Labute approximate surface area is 94.6 Å². The quantitative estimate of drug-likeness (QED) is 0.825. The molecule has 0 amide bonds. The molecule has 0 spiro atoms. The number of hydrogen-bond acceptors (Lipinski definition) is 4. The smallest absolute Gasteiger partial charge is 0.178 e. The van der Waals surface area contributed by atoms with E-state index in [1.54, 1.807) is 12.4 Å². The topological polar surface area (TPSA) is 64.7 Å². The Bertz CT molecular complexity index is 491. The Kier molecular flexibility index (Phi) is 2.92. The van der Waals surface area contributed by atoms with Crippen LogP contribution >= 0.6 is 0 Å². The van der Waals surface area contributed by atoms with Crippen LogP contribution in [-0.4, -0.2) is 15.0 Å². The third-order valence-electron chi connectivity index (χ3n) is 2.37. The van der Waals surface area contributed by atoms with Gasteiger partial charge in [0.05, 0.1) is 0 Å². The molecule has 2 heterocycles. The molecule has 2 rings (SSSR count). The third kappa shape index (κ3) is 2.06. The van der Waals surface area contributed by atoms with Crippen LogP contribution in [0.2, 0.25) is 0 Å². The molecule has 0 bridgehead atoms. The van der Waals surface area contributed by atoms with E-state index < -0.39 is 0 Å². The van der Waals surface area contributed by atoms with Gasteiger partial charge in [-0.3, -0.25) is 4.98 Å². The van der Waals surface area contributed by atoms with Crippen molar-refractivity contribution < 1.29 is 0 Å². The van der Waals surface area contributed by atoms with E-state index in [1.807, 2.05) is 20.0 Å². The second-order valence-corrected chi connectivity index (χ2v) is 3.80. The van der Waals surface area contributed by atoms with E-state index in [0.717, 1.165) is 22.4 Å². The highest BCUT2D eigenvalue weighted by Gasteiger charge is 2.06. The van der Waals surface area contributed by atoms with Gasteiger partial charge >= 0.3 is 0 Å². The molecule has 0 aliphatic carbocycles. The summed E-state index contributed by atoms with van der Waals surface area (Å²) in [6.45, 7) is 4.48. The van der Waals surface area contributed by atoms with Crippen LogP contribution in [-0.2, 0) is 6.54 Å². The molecule has 0 unspecified atom stereocenters. The average Bonchev–Trinajstić information content (AvgIpc) is 2.29. The SMILES string of the molecule is Cc1cnc(-c2ncc(CN)cn2)c(C)c1. The van der Waals surface area contributed by atoms with Gasteiger partial charge in [0.15, 0.2) is 5.82 Å². The van der Waals surface area contributed by atoms with Crippen molar-refractivity contribution in [2.75, 3.05) is 0 Å². The van der Waals surface area contributed by atoms with Crippen molar-refractivity contribution >= 4 is 0 Å². The zero-order valence-electron chi connectivity index (χ0n) is 9.44. The minimum atomic E-state index is 0.459. The molecule has 0 aromatic carbocycles. The maximum absolute atomic E-state index is 5.49. The van der Waals surface area contributed by atoms with Crippen molar-refractivity contribution in [1.82, 2.24) is 15.0 Å². The summed E-state index contributed by atoms with van der Waals surface area (Å²) in [4.78, 5) is 12.9. The van der Waals surface area contributed by atoms with Crippen molar-refractivity contribution in [2.24, 2.45) is 5.73 Å². The van der Waals surface area contributed by atoms with Crippen molar-refractivity contribution in [3.05, 3.63) is 41.3 Å². The minimum Gasteiger partial charge on any atom is -0.326 e. The summed E-state index contributed by atoms with van der Waals surface area (Å²) in [5, 5.41) is 0. The highest BCUT2D eigenvalue weighted by Crippen LogP contribution is 2.17. The van der Waals surface area contributed by atoms with E-state index in [4.69, 9.17) is 5.73 Å². The molecule has 0 saturated carbocycles. The number of pyridine rings is 1. The fourth-order valence-electron chi connectivity index (χ4n) is 1.53. The summed E-state index contributed by atoms with van der Waals surface area (Å²) in [6.07, 6.45) is 5.30.